The van der Waals surface area contributed by atoms with Gasteiger partial charge in [0.05, 0.1) is 12.5 Å². The van der Waals surface area contributed by atoms with Gasteiger partial charge in [-0.25, -0.2) is 0 Å². The smallest absolute Gasteiger partial charge is 0.325 e. The Balaban J connectivity index is 2.22. The molecule has 7 unspecified atom stereocenters. The number of amides is 6. The van der Waals surface area contributed by atoms with E-state index in [2.05, 4.69) is 21.3 Å². The van der Waals surface area contributed by atoms with Gasteiger partial charge in [0, 0.05) is 13.1 Å². The Morgan fingerprint density at radius 3 is 1.67 bits per heavy atom. The van der Waals surface area contributed by atoms with Crippen LogP contribution in [-0.4, -0.2) is 123 Å². The summed E-state index contributed by atoms with van der Waals surface area (Å²) in [6, 6.07) is -7.83. The van der Waals surface area contributed by atoms with Gasteiger partial charge in [-0.3, -0.25) is 38.4 Å². The number of nitrogens with two attached hydrogens (primary N) is 1. The van der Waals surface area contributed by atoms with Crippen molar-refractivity contribution in [1.82, 2.24) is 31.1 Å². The number of hydrogen-bond donors (Lipinski definition) is 7. The van der Waals surface area contributed by atoms with Crippen LogP contribution in [0.5, 0.6) is 0 Å². The molecule has 48 heavy (non-hydrogen) atoms. The number of rotatable bonds is 16. The van der Waals surface area contributed by atoms with Gasteiger partial charge in [-0.15, -0.1) is 0 Å². The summed E-state index contributed by atoms with van der Waals surface area (Å²) in [5, 5.41) is 28.7. The molecule has 0 bridgehead atoms. The molecule has 0 spiro atoms. The highest BCUT2D eigenvalue weighted by Crippen LogP contribution is 2.22. The summed E-state index contributed by atoms with van der Waals surface area (Å²) in [5.74, 6) is -7.31. The SMILES string of the molecule is CC(C)CC(NC(=O)C1CCCN1C(=O)C(C)N)C(=O)NC(CC(=O)O)C(=O)NC(C(=O)N1CCCC1C(=O)NC(C)C(=O)O)C(C)C. The molecule has 0 aromatic carbocycles. The average Bonchev–Trinajstić information content (AvgIpc) is 3.68. The Hall–Kier alpha value is -4.28. The maximum atomic E-state index is 13.6. The van der Waals surface area contributed by atoms with Crippen molar-refractivity contribution in [2.75, 3.05) is 13.1 Å². The first kappa shape index (κ1) is 39.9. The Labute approximate surface area is 280 Å². The van der Waals surface area contributed by atoms with Crippen molar-refractivity contribution in [2.24, 2.45) is 17.6 Å². The van der Waals surface area contributed by atoms with E-state index in [0.29, 0.717) is 25.8 Å². The highest BCUT2D eigenvalue weighted by atomic mass is 16.4. The highest BCUT2D eigenvalue weighted by Gasteiger charge is 2.41. The third-order valence-electron chi connectivity index (χ3n) is 8.38. The van der Waals surface area contributed by atoms with Crippen molar-refractivity contribution >= 4 is 47.4 Å². The van der Waals surface area contributed by atoms with Gasteiger partial charge in [0.1, 0.15) is 36.3 Å². The molecule has 0 aromatic heterocycles. The standard InChI is InChI=1S/C31H51N7O10/c1-15(2)13-19(35-28(44)22-10-7-11-37(22)29(45)17(5)32)25(41)34-20(14-23(39)40)26(42)36-24(16(3)4)30(46)38-12-8-9-21(38)27(43)33-18(6)31(47)48/h15-22,24H,7-14,32H2,1-6H3,(H,33,43)(H,34,41)(H,35,44)(H,36,42)(H,39,40)(H,47,48). The Kier molecular flexibility index (Phi) is 14.8. The van der Waals surface area contributed by atoms with Gasteiger partial charge < -0.3 is 47.0 Å². The van der Waals surface area contributed by atoms with Crippen LogP contribution in [0.15, 0.2) is 0 Å². The first-order valence-electron chi connectivity index (χ1n) is 16.4. The average molecular weight is 682 g/mol. The summed E-state index contributed by atoms with van der Waals surface area (Å²) >= 11 is 0. The fourth-order valence-corrected chi connectivity index (χ4v) is 5.81. The molecule has 6 amide bonds. The molecule has 17 nitrogen and oxygen atoms in total. The largest absolute Gasteiger partial charge is 0.481 e. The van der Waals surface area contributed by atoms with Crippen LogP contribution in [0.4, 0.5) is 0 Å². The van der Waals surface area contributed by atoms with E-state index < -0.39 is 102 Å². The molecular formula is C31H51N7O10. The fraction of sp³-hybridized carbons (Fsp3) is 0.742. The van der Waals surface area contributed by atoms with Crippen molar-refractivity contribution in [3.63, 3.8) is 0 Å². The number of likely N-dealkylation sites (tertiary alicyclic amines) is 2. The maximum absolute atomic E-state index is 13.6. The molecule has 2 rings (SSSR count). The van der Waals surface area contributed by atoms with Gasteiger partial charge in [-0.05, 0) is 57.8 Å². The summed E-state index contributed by atoms with van der Waals surface area (Å²) in [6.45, 7) is 10.2. The minimum Gasteiger partial charge on any atom is -0.481 e. The van der Waals surface area contributed by atoms with Crippen molar-refractivity contribution in [3.05, 3.63) is 0 Å². The Morgan fingerprint density at radius 2 is 1.21 bits per heavy atom. The zero-order valence-corrected chi connectivity index (χ0v) is 28.5. The van der Waals surface area contributed by atoms with E-state index in [1.165, 1.54) is 23.6 Å². The van der Waals surface area contributed by atoms with E-state index in [9.17, 15) is 43.5 Å². The Morgan fingerprint density at radius 1 is 0.708 bits per heavy atom. The lowest BCUT2D eigenvalue weighted by molar-refractivity contribution is -0.145. The lowest BCUT2D eigenvalue weighted by Crippen LogP contribution is -2.60. The second-order valence-corrected chi connectivity index (χ2v) is 13.3. The molecule has 2 aliphatic heterocycles. The summed E-state index contributed by atoms with van der Waals surface area (Å²) in [6.07, 6.45) is 0.981. The summed E-state index contributed by atoms with van der Waals surface area (Å²) in [5.41, 5.74) is 5.74. The van der Waals surface area contributed by atoms with Crippen LogP contribution < -0.4 is 27.0 Å². The summed E-state index contributed by atoms with van der Waals surface area (Å²) < 4.78 is 0. The normalized spacial score (nSPS) is 20.8. The molecule has 0 radical (unpaired) electrons. The second kappa shape index (κ2) is 17.8. The van der Waals surface area contributed by atoms with Crippen LogP contribution in [0.25, 0.3) is 0 Å². The molecule has 8 N–H and O–H groups in total. The zero-order valence-electron chi connectivity index (χ0n) is 28.5. The van der Waals surface area contributed by atoms with Crippen molar-refractivity contribution < 1.29 is 48.6 Å². The molecule has 0 aliphatic carbocycles. The van der Waals surface area contributed by atoms with Gasteiger partial charge in [-0.1, -0.05) is 27.7 Å². The summed E-state index contributed by atoms with van der Waals surface area (Å²) in [4.78, 5) is 105. The molecule has 17 heteroatoms. The number of hydrogen-bond acceptors (Lipinski definition) is 9. The molecule has 2 heterocycles. The molecule has 2 fully saturated rings. The zero-order chi connectivity index (χ0) is 36.5. The van der Waals surface area contributed by atoms with E-state index in [-0.39, 0.29) is 25.3 Å². The number of nitrogens with one attached hydrogen (secondary N) is 4. The van der Waals surface area contributed by atoms with Crippen LogP contribution in [0.3, 0.4) is 0 Å². The second-order valence-electron chi connectivity index (χ2n) is 13.3. The van der Waals surface area contributed by atoms with Gasteiger partial charge in [0.2, 0.25) is 35.4 Å². The topological polar surface area (TPSA) is 258 Å². The van der Waals surface area contributed by atoms with Gasteiger partial charge in [-0.2, -0.15) is 0 Å². The Bertz CT molecular complexity index is 1240. The van der Waals surface area contributed by atoms with E-state index in [1.54, 1.807) is 13.8 Å². The van der Waals surface area contributed by atoms with Gasteiger partial charge >= 0.3 is 11.9 Å². The van der Waals surface area contributed by atoms with Gasteiger partial charge in [0.15, 0.2) is 0 Å². The van der Waals surface area contributed by atoms with Crippen LogP contribution in [0, 0.1) is 11.8 Å². The number of carbonyl (C=O) groups excluding carboxylic acids is 6. The fourth-order valence-electron chi connectivity index (χ4n) is 5.81. The first-order chi connectivity index (χ1) is 22.3. The highest BCUT2D eigenvalue weighted by molar-refractivity contribution is 5.98. The van der Waals surface area contributed by atoms with Crippen LogP contribution >= 0.6 is 0 Å². The molecule has 7 atom stereocenters. The first-order valence-corrected chi connectivity index (χ1v) is 16.4. The minimum absolute atomic E-state index is 0.106. The van der Waals surface area contributed by atoms with Crippen molar-refractivity contribution in [2.45, 2.75) is 122 Å². The molecule has 0 aromatic rings. The maximum Gasteiger partial charge on any atom is 0.325 e. The quantitative estimate of drug-likeness (QED) is 0.0990. The molecule has 0 saturated carbocycles. The minimum atomic E-state index is -1.63. The third-order valence-corrected chi connectivity index (χ3v) is 8.38. The van der Waals surface area contributed by atoms with E-state index >= 15 is 0 Å². The van der Waals surface area contributed by atoms with Crippen LogP contribution in [0.1, 0.15) is 80.1 Å². The molecule has 270 valence electrons. The van der Waals surface area contributed by atoms with Crippen molar-refractivity contribution in [1.29, 1.82) is 0 Å². The van der Waals surface area contributed by atoms with E-state index in [0.717, 1.165) is 0 Å². The summed E-state index contributed by atoms with van der Waals surface area (Å²) in [7, 11) is 0. The lowest BCUT2D eigenvalue weighted by Gasteiger charge is -2.32. The van der Waals surface area contributed by atoms with Crippen LogP contribution in [0.2, 0.25) is 0 Å². The number of nitrogens with zero attached hydrogens (tertiary/aromatic N) is 2. The number of aliphatic carboxylic acids is 2. The van der Waals surface area contributed by atoms with Gasteiger partial charge in [0.25, 0.3) is 0 Å². The van der Waals surface area contributed by atoms with Crippen LogP contribution in [-0.2, 0) is 38.4 Å². The van der Waals surface area contributed by atoms with Crippen molar-refractivity contribution in [3.8, 4) is 0 Å². The predicted molar refractivity (Wildman–Crippen MR) is 171 cm³/mol. The number of carbonyl (C=O) groups is 8. The monoisotopic (exact) mass is 681 g/mol. The van der Waals surface area contributed by atoms with E-state index in [1.807, 2.05) is 13.8 Å². The number of carboxylic acids is 2. The molecular weight excluding hydrogens is 630 g/mol. The molecule has 2 aliphatic rings. The third kappa shape index (κ3) is 10.9. The number of carboxylic acid groups (broad SMARTS) is 2. The predicted octanol–water partition coefficient (Wildman–Crippen LogP) is -1.46. The molecule has 2 saturated heterocycles. The lowest BCUT2D eigenvalue weighted by atomic mass is 10.00. The van der Waals surface area contributed by atoms with E-state index in [4.69, 9.17) is 10.8 Å².